The summed E-state index contributed by atoms with van der Waals surface area (Å²) in [5, 5.41) is 0. The Kier molecular flexibility index (Phi) is 23.6. The Morgan fingerprint density at radius 3 is 1.39 bits per heavy atom. The summed E-state index contributed by atoms with van der Waals surface area (Å²) in [6.07, 6.45) is 19.9. The zero-order valence-electron chi connectivity index (χ0n) is 25.1. The molecule has 0 heterocycles. The molecule has 36 heavy (non-hydrogen) atoms. The van der Waals surface area contributed by atoms with Crippen molar-refractivity contribution < 1.29 is 19.1 Å². The van der Waals surface area contributed by atoms with Crippen molar-refractivity contribution in [2.75, 3.05) is 13.2 Å². The van der Waals surface area contributed by atoms with E-state index < -0.39 is 0 Å². The zero-order valence-corrected chi connectivity index (χ0v) is 25.1. The van der Waals surface area contributed by atoms with Crippen LogP contribution in [0.2, 0.25) is 0 Å². The molecule has 4 heteroatoms. The van der Waals surface area contributed by atoms with Crippen molar-refractivity contribution in [2.45, 2.75) is 157 Å². The number of unbranched alkanes of at least 4 members (excludes halogenated alkanes) is 10. The van der Waals surface area contributed by atoms with Gasteiger partial charge in [0.25, 0.3) is 0 Å². The van der Waals surface area contributed by atoms with Gasteiger partial charge in [0.1, 0.15) is 0 Å². The van der Waals surface area contributed by atoms with Crippen LogP contribution in [0, 0.1) is 23.7 Å². The Balaban J connectivity index is 3.59. The molecule has 0 radical (unpaired) electrons. The largest absolute Gasteiger partial charge is 0.466 e. The number of esters is 2. The molecule has 0 rings (SSSR count). The fourth-order valence-corrected chi connectivity index (χ4v) is 4.61. The van der Waals surface area contributed by atoms with E-state index in [9.17, 15) is 9.59 Å². The van der Waals surface area contributed by atoms with Crippen molar-refractivity contribution in [2.24, 2.45) is 23.7 Å². The standard InChI is InChI=1S/C32H62O4/c1-27(2)20-16-18-24-35-31(33)23-15-13-11-9-7-8-10-12-14-22-30(29(5)6)26-32(34)36-25-19-17-21-28(3)4/h27-30H,7-26H2,1-6H3. The van der Waals surface area contributed by atoms with Crippen molar-refractivity contribution in [3.63, 3.8) is 0 Å². The van der Waals surface area contributed by atoms with Crippen molar-refractivity contribution in [3.8, 4) is 0 Å². The Hall–Kier alpha value is -1.06. The van der Waals surface area contributed by atoms with E-state index in [1.807, 2.05) is 0 Å². The first-order valence-electron chi connectivity index (χ1n) is 15.5. The van der Waals surface area contributed by atoms with Gasteiger partial charge in [-0.1, -0.05) is 106 Å². The van der Waals surface area contributed by atoms with Gasteiger partial charge in [-0.25, -0.2) is 0 Å². The molecule has 0 aromatic carbocycles. The second-order valence-electron chi connectivity index (χ2n) is 12.1. The van der Waals surface area contributed by atoms with E-state index in [2.05, 4.69) is 41.5 Å². The van der Waals surface area contributed by atoms with Crippen molar-refractivity contribution >= 4 is 11.9 Å². The molecular weight excluding hydrogens is 448 g/mol. The number of carbonyl (C=O) groups excluding carboxylic acids is 2. The van der Waals surface area contributed by atoms with Gasteiger partial charge in [-0.3, -0.25) is 9.59 Å². The molecule has 0 fully saturated rings. The number of ether oxygens (including phenoxy) is 2. The normalized spacial score (nSPS) is 12.5. The lowest BCUT2D eigenvalue weighted by atomic mass is 9.87. The summed E-state index contributed by atoms with van der Waals surface area (Å²) in [6.45, 7) is 14.6. The predicted octanol–water partition coefficient (Wildman–Crippen LogP) is 9.68. The Morgan fingerprint density at radius 1 is 0.500 bits per heavy atom. The molecule has 0 saturated carbocycles. The molecule has 0 aliphatic rings. The van der Waals surface area contributed by atoms with Crippen LogP contribution in [0.4, 0.5) is 0 Å². The van der Waals surface area contributed by atoms with Crippen molar-refractivity contribution in [1.29, 1.82) is 0 Å². The van der Waals surface area contributed by atoms with E-state index in [4.69, 9.17) is 9.47 Å². The quantitative estimate of drug-likeness (QED) is 0.0906. The highest BCUT2D eigenvalue weighted by Crippen LogP contribution is 2.23. The van der Waals surface area contributed by atoms with Crippen molar-refractivity contribution in [1.82, 2.24) is 0 Å². The second-order valence-corrected chi connectivity index (χ2v) is 12.1. The van der Waals surface area contributed by atoms with Crippen LogP contribution < -0.4 is 0 Å². The lowest BCUT2D eigenvalue weighted by Gasteiger charge is -2.20. The van der Waals surface area contributed by atoms with Gasteiger partial charge in [0.2, 0.25) is 0 Å². The third kappa shape index (κ3) is 24.6. The predicted molar refractivity (Wildman–Crippen MR) is 153 cm³/mol. The van der Waals surface area contributed by atoms with Crippen LogP contribution in [0.5, 0.6) is 0 Å². The molecule has 0 aromatic heterocycles. The first-order chi connectivity index (χ1) is 17.2. The van der Waals surface area contributed by atoms with Crippen LogP contribution in [0.1, 0.15) is 157 Å². The summed E-state index contributed by atoms with van der Waals surface area (Å²) in [5.41, 5.74) is 0. The van der Waals surface area contributed by atoms with Gasteiger partial charge in [0.05, 0.1) is 13.2 Å². The van der Waals surface area contributed by atoms with E-state index in [-0.39, 0.29) is 11.9 Å². The Labute approximate surface area is 225 Å². The van der Waals surface area contributed by atoms with Gasteiger partial charge in [0.15, 0.2) is 0 Å². The first-order valence-corrected chi connectivity index (χ1v) is 15.5. The van der Waals surface area contributed by atoms with E-state index in [0.29, 0.717) is 37.9 Å². The van der Waals surface area contributed by atoms with Gasteiger partial charge in [-0.2, -0.15) is 0 Å². The molecule has 0 aliphatic heterocycles. The van der Waals surface area contributed by atoms with Gasteiger partial charge in [0, 0.05) is 12.8 Å². The lowest BCUT2D eigenvalue weighted by Crippen LogP contribution is -2.17. The minimum Gasteiger partial charge on any atom is -0.466 e. The maximum absolute atomic E-state index is 12.2. The zero-order chi connectivity index (χ0) is 27.0. The average molecular weight is 511 g/mol. The summed E-state index contributed by atoms with van der Waals surface area (Å²) in [6, 6.07) is 0. The second kappa shape index (κ2) is 24.3. The Morgan fingerprint density at radius 2 is 0.917 bits per heavy atom. The van der Waals surface area contributed by atoms with E-state index in [1.54, 1.807) is 0 Å². The minimum absolute atomic E-state index is 0.00634. The average Bonchev–Trinajstić information content (AvgIpc) is 2.80. The summed E-state index contributed by atoms with van der Waals surface area (Å²) in [4.78, 5) is 24.0. The van der Waals surface area contributed by atoms with Gasteiger partial charge >= 0.3 is 11.9 Å². The minimum atomic E-state index is -0.0193. The summed E-state index contributed by atoms with van der Waals surface area (Å²) >= 11 is 0. The first kappa shape index (κ1) is 34.9. The highest BCUT2D eigenvalue weighted by molar-refractivity contribution is 5.69. The monoisotopic (exact) mass is 510 g/mol. The SMILES string of the molecule is CC(C)CCCCOC(=O)CCCCCCCCCCCC(CC(=O)OCCCCC(C)C)C(C)C. The third-order valence-electron chi connectivity index (χ3n) is 7.21. The number of carbonyl (C=O) groups is 2. The molecule has 0 aromatic rings. The Bertz CT molecular complexity index is 512. The number of rotatable bonds is 25. The molecule has 0 bridgehead atoms. The van der Waals surface area contributed by atoms with Gasteiger partial charge < -0.3 is 9.47 Å². The molecule has 4 nitrogen and oxygen atoms in total. The highest BCUT2D eigenvalue weighted by Gasteiger charge is 2.18. The summed E-state index contributed by atoms with van der Waals surface area (Å²) < 4.78 is 10.8. The molecule has 0 amide bonds. The molecule has 214 valence electrons. The van der Waals surface area contributed by atoms with Crippen molar-refractivity contribution in [3.05, 3.63) is 0 Å². The van der Waals surface area contributed by atoms with E-state index in [1.165, 1.54) is 57.8 Å². The smallest absolute Gasteiger partial charge is 0.306 e. The molecular formula is C32H62O4. The molecule has 0 N–H and O–H groups in total. The van der Waals surface area contributed by atoms with Gasteiger partial charge in [-0.05, 0) is 62.2 Å². The van der Waals surface area contributed by atoms with Crippen LogP contribution in [0.25, 0.3) is 0 Å². The number of hydrogen-bond donors (Lipinski definition) is 0. The van der Waals surface area contributed by atoms with Crippen LogP contribution >= 0.6 is 0 Å². The topological polar surface area (TPSA) is 52.6 Å². The van der Waals surface area contributed by atoms with Crippen LogP contribution in [-0.2, 0) is 19.1 Å². The van der Waals surface area contributed by atoms with E-state index >= 15 is 0 Å². The number of hydrogen-bond acceptors (Lipinski definition) is 4. The van der Waals surface area contributed by atoms with Gasteiger partial charge in [-0.15, -0.1) is 0 Å². The summed E-state index contributed by atoms with van der Waals surface area (Å²) in [7, 11) is 0. The highest BCUT2D eigenvalue weighted by atomic mass is 16.5. The summed E-state index contributed by atoms with van der Waals surface area (Å²) in [5.74, 6) is 2.40. The maximum Gasteiger partial charge on any atom is 0.306 e. The van der Waals surface area contributed by atoms with E-state index in [0.717, 1.165) is 56.8 Å². The molecule has 1 atom stereocenters. The molecule has 0 spiro atoms. The van der Waals surface area contributed by atoms with Crippen LogP contribution in [0.15, 0.2) is 0 Å². The van der Waals surface area contributed by atoms with Crippen LogP contribution in [0.3, 0.4) is 0 Å². The lowest BCUT2D eigenvalue weighted by molar-refractivity contribution is -0.145. The maximum atomic E-state index is 12.2. The molecule has 1 unspecified atom stereocenters. The molecule has 0 aliphatic carbocycles. The fraction of sp³-hybridized carbons (Fsp3) is 0.938. The molecule has 0 saturated heterocycles. The third-order valence-corrected chi connectivity index (χ3v) is 7.21. The van der Waals surface area contributed by atoms with Crippen LogP contribution in [-0.4, -0.2) is 25.2 Å². The fourth-order valence-electron chi connectivity index (χ4n) is 4.61.